The van der Waals surface area contributed by atoms with Crippen LogP contribution in [0, 0.1) is 0 Å². The number of rotatable bonds is 4. The first kappa shape index (κ1) is 17.1. The van der Waals surface area contributed by atoms with Gasteiger partial charge in [-0.1, -0.05) is 0 Å². The van der Waals surface area contributed by atoms with E-state index < -0.39 is 23.1 Å². The van der Waals surface area contributed by atoms with Crippen molar-refractivity contribution in [2.24, 2.45) is 0 Å². The second-order valence-electron chi connectivity index (χ2n) is 6.09. The van der Waals surface area contributed by atoms with Crippen LogP contribution in [0.5, 0.6) is 0 Å². The lowest BCUT2D eigenvalue weighted by Crippen LogP contribution is -2.42. The molecule has 2 saturated heterocycles. The predicted molar refractivity (Wildman–Crippen MR) is 83.8 cm³/mol. The fourth-order valence-electron chi connectivity index (χ4n) is 3.03. The molecule has 8 heteroatoms. The van der Waals surface area contributed by atoms with Crippen LogP contribution in [0.2, 0.25) is 0 Å². The summed E-state index contributed by atoms with van der Waals surface area (Å²) < 4.78 is 10.5. The van der Waals surface area contributed by atoms with Gasteiger partial charge in [-0.25, -0.2) is 0 Å². The topological polar surface area (TPSA) is 99.5 Å². The van der Waals surface area contributed by atoms with Crippen molar-refractivity contribution >= 4 is 11.6 Å². The molecule has 2 N–H and O–H groups in total. The van der Waals surface area contributed by atoms with E-state index in [1.54, 1.807) is 0 Å². The molecule has 0 unspecified atom stereocenters. The maximum atomic E-state index is 12.4. The van der Waals surface area contributed by atoms with E-state index in [0.29, 0.717) is 52.6 Å². The summed E-state index contributed by atoms with van der Waals surface area (Å²) in [6.45, 7) is 4.89. The molecular weight excluding hydrogens is 316 g/mol. The van der Waals surface area contributed by atoms with Gasteiger partial charge in [-0.2, -0.15) is 0 Å². The summed E-state index contributed by atoms with van der Waals surface area (Å²) in [5, 5.41) is 20.4. The molecular formula is C16H22N2O6. The van der Waals surface area contributed by atoms with Crippen LogP contribution < -0.4 is 0 Å². The molecule has 0 spiro atoms. The molecule has 2 heterocycles. The van der Waals surface area contributed by atoms with E-state index in [0.717, 1.165) is 0 Å². The first-order chi connectivity index (χ1) is 11.6. The Morgan fingerprint density at radius 3 is 1.38 bits per heavy atom. The monoisotopic (exact) mass is 338 g/mol. The number of ether oxygens (including phenoxy) is 2. The summed E-state index contributed by atoms with van der Waals surface area (Å²) >= 11 is 0. The summed E-state index contributed by atoms with van der Waals surface area (Å²) in [5.41, 5.74) is -0.0738. The molecule has 1 aliphatic carbocycles. The van der Waals surface area contributed by atoms with E-state index in [1.807, 2.05) is 9.80 Å². The molecule has 2 fully saturated rings. The number of ketones is 2. The van der Waals surface area contributed by atoms with Gasteiger partial charge in [0.25, 0.3) is 0 Å². The fraction of sp³-hybridized carbons (Fsp3) is 0.625. The van der Waals surface area contributed by atoms with Gasteiger partial charge >= 0.3 is 0 Å². The van der Waals surface area contributed by atoms with E-state index in [2.05, 4.69) is 0 Å². The average Bonchev–Trinajstić information content (AvgIpc) is 2.62. The van der Waals surface area contributed by atoms with Crippen molar-refractivity contribution in [2.45, 2.75) is 0 Å². The summed E-state index contributed by atoms with van der Waals surface area (Å²) in [6, 6.07) is 0. The number of hydrogen-bond donors (Lipinski definition) is 2. The Labute approximate surface area is 139 Å². The van der Waals surface area contributed by atoms with Crippen molar-refractivity contribution in [3.63, 3.8) is 0 Å². The van der Waals surface area contributed by atoms with E-state index >= 15 is 0 Å². The third kappa shape index (κ3) is 3.51. The van der Waals surface area contributed by atoms with E-state index in [9.17, 15) is 19.8 Å². The number of hydrogen-bond acceptors (Lipinski definition) is 8. The van der Waals surface area contributed by atoms with Crippen LogP contribution in [-0.4, -0.2) is 97.3 Å². The Kier molecular flexibility index (Phi) is 5.30. The molecule has 0 bridgehead atoms. The zero-order valence-corrected chi connectivity index (χ0v) is 13.5. The molecule has 24 heavy (non-hydrogen) atoms. The van der Waals surface area contributed by atoms with Crippen molar-refractivity contribution in [2.75, 3.05) is 65.7 Å². The van der Waals surface area contributed by atoms with E-state index in [1.165, 1.54) is 0 Å². The highest BCUT2D eigenvalue weighted by molar-refractivity contribution is 6.23. The molecule has 0 aromatic heterocycles. The molecule has 8 nitrogen and oxygen atoms in total. The van der Waals surface area contributed by atoms with Crippen LogP contribution in [0.3, 0.4) is 0 Å². The first-order valence-corrected chi connectivity index (χ1v) is 8.11. The third-order valence-electron chi connectivity index (χ3n) is 4.52. The van der Waals surface area contributed by atoms with Gasteiger partial charge < -0.3 is 19.7 Å². The van der Waals surface area contributed by atoms with Crippen LogP contribution in [0.4, 0.5) is 0 Å². The van der Waals surface area contributed by atoms with Gasteiger partial charge in [-0.3, -0.25) is 19.4 Å². The Morgan fingerprint density at radius 1 is 0.708 bits per heavy atom. The highest BCUT2D eigenvalue weighted by Gasteiger charge is 2.36. The molecule has 2 aliphatic heterocycles. The quantitative estimate of drug-likeness (QED) is 0.657. The normalized spacial score (nSPS) is 24.8. The van der Waals surface area contributed by atoms with Gasteiger partial charge in [0, 0.05) is 39.3 Å². The van der Waals surface area contributed by atoms with Crippen LogP contribution in [0.1, 0.15) is 0 Å². The number of aliphatic hydroxyl groups is 2. The number of morpholine rings is 2. The standard InChI is InChI=1S/C16H22N2O6/c19-13-11(9-17-1-5-23-6-2-17)14(20)16(22)12(15(13)21)10-18-3-7-24-8-4-18/h19,22H,1-10H2. The molecule has 0 atom stereocenters. The molecule has 0 aromatic carbocycles. The smallest absolute Gasteiger partial charge is 0.228 e. The lowest BCUT2D eigenvalue weighted by Gasteiger charge is -2.30. The zero-order chi connectivity index (χ0) is 17.1. The van der Waals surface area contributed by atoms with Crippen molar-refractivity contribution in [3.8, 4) is 0 Å². The lowest BCUT2D eigenvalue weighted by atomic mass is 9.92. The number of nitrogens with zero attached hydrogens (tertiary/aromatic N) is 2. The summed E-state index contributed by atoms with van der Waals surface area (Å²) in [7, 11) is 0. The number of carbonyl (C=O) groups excluding carboxylic acids is 2. The second-order valence-corrected chi connectivity index (χ2v) is 6.09. The minimum Gasteiger partial charge on any atom is -0.504 e. The van der Waals surface area contributed by atoms with Gasteiger partial charge in [-0.15, -0.1) is 0 Å². The molecule has 3 rings (SSSR count). The largest absolute Gasteiger partial charge is 0.504 e. The van der Waals surface area contributed by atoms with Crippen LogP contribution in [0.25, 0.3) is 0 Å². The summed E-state index contributed by atoms with van der Waals surface area (Å²) in [5.74, 6) is -2.43. The summed E-state index contributed by atoms with van der Waals surface area (Å²) in [6.07, 6.45) is 0. The second kappa shape index (κ2) is 7.43. The zero-order valence-electron chi connectivity index (χ0n) is 13.5. The molecule has 0 aromatic rings. The van der Waals surface area contributed by atoms with Gasteiger partial charge in [-0.05, 0) is 0 Å². The number of aliphatic hydroxyl groups excluding tert-OH is 2. The number of Topliss-reactive ketones (excluding diaryl/α,β-unsaturated/α-hetero) is 2. The van der Waals surface area contributed by atoms with Crippen molar-refractivity contribution in [1.29, 1.82) is 0 Å². The Hall–Kier alpha value is -1.74. The minimum atomic E-state index is -0.665. The van der Waals surface area contributed by atoms with Crippen LogP contribution >= 0.6 is 0 Å². The molecule has 0 radical (unpaired) electrons. The first-order valence-electron chi connectivity index (χ1n) is 8.11. The highest BCUT2D eigenvalue weighted by atomic mass is 16.5. The molecule has 3 aliphatic rings. The maximum absolute atomic E-state index is 12.4. The SMILES string of the molecule is O=C1C(O)=C(CN2CCOCC2)C(=O)C(O)=C1CN1CCOCC1. The lowest BCUT2D eigenvalue weighted by molar-refractivity contribution is -0.120. The minimum absolute atomic E-state index is 0.0369. The molecule has 0 saturated carbocycles. The van der Waals surface area contributed by atoms with Gasteiger partial charge in [0.2, 0.25) is 11.6 Å². The Bertz CT molecular complexity index is 533. The summed E-state index contributed by atoms with van der Waals surface area (Å²) in [4.78, 5) is 28.7. The van der Waals surface area contributed by atoms with E-state index in [-0.39, 0.29) is 24.2 Å². The van der Waals surface area contributed by atoms with Gasteiger partial charge in [0.15, 0.2) is 11.5 Å². The maximum Gasteiger partial charge on any atom is 0.228 e. The third-order valence-corrected chi connectivity index (χ3v) is 4.52. The van der Waals surface area contributed by atoms with Crippen LogP contribution in [0.15, 0.2) is 22.7 Å². The van der Waals surface area contributed by atoms with Gasteiger partial charge in [0.05, 0.1) is 37.6 Å². The Morgan fingerprint density at radius 2 is 1.04 bits per heavy atom. The van der Waals surface area contributed by atoms with E-state index in [4.69, 9.17) is 9.47 Å². The van der Waals surface area contributed by atoms with Crippen molar-refractivity contribution in [3.05, 3.63) is 22.7 Å². The van der Waals surface area contributed by atoms with Crippen LogP contribution in [-0.2, 0) is 19.1 Å². The number of allylic oxidation sites excluding steroid dienone is 2. The fourth-order valence-corrected chi connectivity index (χ4v) is 3.03. The predicted octanol–water partition coefficient (Wildman–Crippen LogP) is -0.573. The molecule has 132 valence electrons. The highest BCUT2D eigenvalue weighted by Crippen LogP contribution is 2.24. The molecule has 0 amide bonds. The van der Waals surface area contributed by atoms with Gasteiger partial charge in [0.1, 0.15) is 0 Å². The van der Waals surface area contributed by atoms with Crippen molar-refractivity contribution in [1.82, 2.24) is 9.80 Å². The average molecular weight is 338 g/mol. The van der Waals surface area contributed by atoms with Crippen molar-refractivity contribution < 1.29 is 29.3 Å². The Balaban J connectivity index is 1.74. The number of carbonyl (C=O) groups is 2.